The SMILES string of the molecule is O=C1CSCC1Cc1ccc(Cl)cc1[N+](=O)[O-]. The van der Waals surface area contributed by atoms with E-state index in [1.165, 1.54) is 6.07 Å². The number of nitrogens with zero attached hydrogens (tertiary/aromatic N) is 1. The number of nitro benzene ring substituents is 1. The lowest BCUT2D eigenvalue weighted by Crippen LogP contribution is -2.14. The number of ketones is 1. The maximum absolute atomic E-state index is 11.5. The highest BCUT2D eigenvalue weighted by Gasteiger charge is 2.27. The Labute approximate surface area is 107 Å². The lowest BCUT2D eigenvalue weighted by Gasteiger charge is -2.07. The predicted octanol–water partition coefficient (Wildman–Crippen LogP) is 2.72. The molecule has 0 N–H and O–H groups in total. The molecule has 1 unspecified atom stereocenters. The highest BCUT2D eigenvalue weighted by atomic mass is 35.5. The van der Waals surface area contributed by atoms with E-state index in [9.17, 15) is 14.9 Å². The Balaban J connectivity index is 2.25. The summed E-state index contributed by atoms with van der Waals surface area (Å²) in [6.45, 7) is 0. The molecule has 4 nitrogen and oxygen atoms in total. The van der Waals surface area contributed by atoms with E-state index in [4.69, 9.17) is 11.6 Å². The Morgan fingerprint density at radius 3 is 2.88 bits per heavy atom. The maximum atomic E-state index is 11.5. The normalized spacial score (nSPS) is 19.6. The summed E-state index contributed by atoms with van der Waals surface area (Å²) in [6.07, 6.45) is 0.430. The summed E-state index contributed by atoms with van der Waals surface area (Å²) in [5.41, 5.74) is 0.586. The van der Waals surface area contributed by atoms with Gasteiger partial charge in [0.15, 0.2) is 0 Å². The largest absolute Gasteiger partial charge is 0.298 e. The van der Waals surface area contributed by atoms with Crippen molar-refractivity contribution in [2.45, 2.75) is 6.42 Å². The fourth-order valence-corrected chi connectivity index (χ4v) is 3.14. The van der Waals surface area contributed by atoms with Gasteiger partial charge in [0.25, 0.3) is 5.69 Å². The number of benzene rings is 1. The van der Waals surface area contributed by atoms with Crippen molar-refractivity contribution in [1.82, 2.24) is 0 Å². The molecule has 0 bridgehead atoms. The molecule has 0 spiro atoms. The first-order chi connectivity index (χ1) is 8.08. The zero-order valence-electron chi connectivity index (χ0n) is 8.89. The van der Waals surface area contributed by atoms with Crippen LogP contribution < -0.4 is 0 Å². The summed E-state index contributed by atoms with van der Waals surface area (Å²) in [4.78, 5) is 21.9. The first-order valence-electron chi connectivity index (χ1n) is 5.11. The van der Waals surface area contributed by atoms with E-state index in [-0.39, 0.29) is 17.4 Å². The van der Waals surface area contributed by atoms with Crippen LogP contribution in [0.5, 0.6) is 0 Å². The summed E-state index contributed by atoms with van der Waals surface area (Å²) in [5, 5.41) is 11.2. The van der Waals surface area contributed by atoms with Crippen LogP contribution in [-0.4, -0.2) is 22.2 Å². The quantitative estimate of drug-likeness (QED) is 0.626. The number of hydrogen-bond donors (Lipinski definition) is 0. The highest BCUT2D eigenvalue weighted by molar-refractivity contribution is 8.00. The molecule has 2 rings (SSSR count). The summed E-state index contributed by atoms with van der Waals surface area (Å²) in [6, 6.07) is 4.59. The number of carbonyl (C=O) groups is 1. The number of rotatable bonds is 3. The second kappa shape index (κ2) is 5.06. The topological polar surface area (TPSA) is 60.2 Å². The monoisotopic (exact) mass is 271 g/mol. The molecule has 90 valence electrons. The van der Waals surface area contributed by atoms with Crippen LogP contribution in [0.15, 0.2) is 18.2 Å². The Bertz CT molecular complexity index is 478. The molecular formula is C11H10ClNO3S. The van der Waals surface area contributed by atoms with Crippen molar-refractivity contribution in [2.75, 3.05) is 11.5 Å². The van der Waals surface area contributed by atoms with E-state index in [1.807, 2.05) is 0 Å². The average molecular weight is 272 g/mol. The van der Waals surface area contributed by atoms with Gasteiger partial charge < -0.3 is 0 Å². The molecule has 0 amide bonds. The first kappa shape index (κ1) is 12.4. The standard InChI is InChI=1S/C11H10ClNO3S/c12-9-2-1-7(10(4-9)13(15)16)3-8-5-17-6-11(8)14/h1-2,4,8H,3,5-6H2. The van der Waals surface area contributed by atoms with Crippen molar-refractivity contribution in [3.63, 3.8) is 0 Å². The number of Topliss-reactive ketones (excluding diaryl/α,β-unsaturated/α-hetero) is 1. The molecule has 1 saturated heterocycles. The molecule has 1 aliphatic heterocycles. The molecule has 17 heavy (non-hydrogen) atoms. The van der Waals surface area contributed by atoms with Gasteiger partial charge >= 0.3 is 0 Å². The van der Waals surface area contributed by atoms with Gasteiger partial charge in [-0.05, 0) is 12.5 Å². The third-order valence-corrected chi connectivity index (χ3v) is 4.09. The average Bonchev–Trinajstić information content (AvgIpc) is 2.67. The lowest BCUT2D eigenvalue weighted by atomic mass is 9.97. The Hall–Kier alpha value is -1.07. The van der Waals surface area contributed by atoms with E-state index >= 15 is 0 Å². The van der Waals surface area contributed by atoms with Crippen LogP contribution in [0.3, 0.4) is 0 Å². The van der Waals surface area contributed by atoms with Gasteiger partial charge in [-0.15, -0.1) is 0 Å². The highest BCUT2D eigenvalue weighted by Crippen LogP contribution is 2.29. The summed E-state index contributed by atoms with van der Waals surface area (Å²) < 4.78 is 0. The Morgan fingerprint density at radius 2 is 2.29 bits per heavy atom. The minimum Gasteiger partial charge on any atom is -0.298 e. The van der Waals surface area contributed by atoms with Gasteiger partial charge in [0.1, 0.15) is 5.78 Å². The fraction of sp³-hybridized carbons (Fsp3) is 0.364. The van der Waals surface area contributed by atoms with E-state index in [0.29, 0.717) is 22.8 Å². The fourth-order valence-electron chi connectivity index (χ4n) is 1.83. The number of hydrogen-bond acceptors (Lipinski definition) is 4. The Kier molecular flexibility index (Phi) is 3.69. The maximum Gasteiger partial charge on any atom is 0.274 e. The van der Waals surface area contributed by atoms with E-state index in [0.717, 1.165) is 5.75 Å². The van der Waals surface area contributed by atoms with Crippen LogP contribution in [0.25, 0.3) is 0 Å². The molecular weight excluding hydrogens is 262 g/mol. The number of halogens is 1. The molecule has 1 atom stereocenters. The molecule has 1 aromatic rings. The van der Waals surface area contributed by atoms with E-state index in [2.05, 4.69) is 0 Å². The van der Waals surface area contributed by atoms with Crippen LogP contribution in [-0.2, 0) is 11.2 Å². The van der Waals surface area contributed by atoms with Gasteiger partial charge in [0.05, 0.1) is 10.7 Å². The van der Waals surface area contributed by atoms with Crippen molar-refractivity contribution >= 4 is 34.8 Å². The number of thioether (sulfide) groups is 1. The van der Waals surface area contributed by atoms with Gasteiger partial charge in [-0.3, -0.25) is 14.9 Å². The molecule has 0 radical (unpaired) electrons. The zero-order chi connectivity index (χ0) is 12.4. The molecule has 1 fully saturated rings. The van der Waals surface area contributed by atoms with Crippen molar-refractivity contribution in [3.8, 4) is 0 Å². The summed E-state index contributed by atoms with van der Waals surface area (Å²) in [7, 11) is 0. The van der Waals surface area contributed by atoms with Crippen molar-refractivity contribution in [3.05, 3.63) is 38.9 Å². The smallest absolute Gasteiger partial charge is 0.274 e. The van der Waals surface area contributed by atoms with Crippen LogP contribution in [0.1, 0.15) is 5.56 Å². The van der Waals surface area contributed by atoms with Gasteiger partial charge in [-0.1, -0.05) is 17.7 Å². The van der Waals surface area contributed by atoms with Gasteiger partial charge in [-0.2, -0.15) is 11.8 Å². The number of nitro groups is 1. The molecule has 0 saturated carbocycles. The van der Waals surface area contributed by atoms with Crippen LogP contribution in [0.2, 0.25) is 5.02 Å². The van der Waals surface area contributed by atoms with Crippen molar-refractivity contribution < 1.29 is 9.72 Å². The first-order valence-corrected chi connectivity index (χ1v) is 6.64. The minimum atomic E-state index is -0.451. The van der Waals surface area contributed by atoms with E-state index < -0.39 is 4.92 Å². The third kappa shape index (κ3) is 2.79. The molecule has 1 aromatic carbocycles. The summed E-state index contributed by atoms with van der Waals surface area (Å²) >= 11 is 7.31. The molecule has 1 aliphatic rings. The van der Waals surface area contributed by atoms with Crippen molar-refractivity contribution in [1.29, 1.82) is 0 Å². The zero-order valence-corrected chi connectivity index (χ0v) is 10.5. The third-order valence-electron chi connectivity index (χ3n) is 2.73. The van der Waals surface area contributed by atoms with Crippen LogP contribution in [0.4, 0.5) is 5.69 Å². The molecule has 1 heterocycles. The van der Waals surface area contributed by atoms with Crippen LogP contribution >= 0.6 is 23.4 Å². The second-order valence-corrected chi connectivity index (χ2v) is 5.38. The van der Waals surface area contributed by atoms with Gasteiger partial charge in [0.2, 0.25) is 0 Å². The molecule has 0 aliphatic carbocycles. The van der Waals surface area contributed by atoms with Crippen LogP contribution in [0, 0.1) is 16.0 Å². The lowest BCUT2D eigenvalue weighted by molar-refractivity contribution is -0.385. The minimum absolute atomic E-state index is 0.00204. The van der Waals surface area contributed by atoms with Crippen molar-refractivity contribution in [2.24, 2.45) is 5.92 Å². The van der Waals surface area contributed by atoms with E-state index in [1.54, 1.807) is 23.9 Å². The molecule has 6 heteroatoms. The molecule has 0 aromatic heterocycles. The van der Waals surface area contributed by atoms with Gasteiger partial charge in [-0.25, -0.2) is 0 Å². The predicted molar refractivity (Wildman–Crippen MR) is 67.6 cm³/mol. The Morgan fingerprint density at radius 1 is 1.53 bits per heavy atom. The number of carbonyl (C=O) groups excluding carboxylic acids is 1. The summed E-state index contributed by atoms with van der Waals surface area (Å²) in [5.74, 6) is 1.35. The van der Waals surface area contributed by atoms with Gasteiger partial charge in [0, 0.05) is 28.3 Å². The second-order valence-electron chi connectivity index (χ2n) is 3.91.